The Bertz CT molecular complexity index is 300. The second-order valence-corrected chi connectivity index (χ2v) is 3.80. The molecule has 1 aromatic carbocycles. The van der Waals surface area contributed by atoms with Gasteiger partial charge in [0.15, 0.2) is 0 Å². The first-order valence-corrected chi connectivity index (χ1v) is 5.88. The summed E-state index contributed by atoms with van der Waals surface area (Å²) in [6, 6.07) is 7.81. The molecule has 4 heteroatoms. The predicted molar refractivity (Wildman–Crippen MR) is 67.2 cm³/mol. The van der Waals surface area contributed by atoms with E-state index in [1.807, 2.05) is 38.2 Å². The summed E-state index contributed by atoms with van der Waals surface area (Å²) in [5.41, 5.74) is 1.20. The van der Waals surface area contributed by atoms with Gasteiger partial charge in [0.1, 0.15) is 18.5 Å². The fraction of sp³-hybridized carbons (Fsp3) is 0.538. The van der Waals surface area contributed by atoms with Gasteiger partial charge in [-0.1, -0.05) is 12.1 Å². The Morgan fingerprint density at radius 2 is 1.94 bits per heavy atom. The molecule has 0 radical (unpaired) electrons. The molecule has 4 nitrogen and oxygen atoms in total. The first-order valence-electron chi connectivity index (χ1n) is 5.88. The lowest BCUT2D eigenvalue weighted by atomic mass is 10.2. The molecule has 96 valence electrons. The van der Waals surface area contributed by atoms with Gasteiger partial charge < -0.3 is 19.9 Å². The van der Waals surface area contributed by atoms with E-state index in [1.165, 1.54) is 5.56 Å². The summed E-state index contributed by atoms with van der Waals surface area (Å²) in [7, 11) is 1.91. The van der Waals surface area contributed by atoms with Crippen LogP contribution in [0.25, 0.3) is 0 Å². The normalized spacial score (nSPS) is 12.4. The van der Waals surface area contributed by atoms with Crippen molar-refractivity contribution in [2.75, 3.05) is 26.9 Å². The van der Waals surface area contributed by atoms with E-state index in [9.17, 15) is 5.11 Å². The van der Waals surface area contributed by atoms with Crippen LogP contribution >= 0.6 is 0 Å². The molecule has 0 aliphatic carbocycles. The summed E-state index contributed by atoms with van der Waals surface area (Å²) in [6.07, 6.45) is -0.577. The Morgan fingerprint density at radius 3 is 2.53 bits per heavy atom. The van der Waals surface area contributed by atoms with Crippen LogP contribution in [-0.2, 0) is 11.3 Å². The minimum absolute atomic E-state index is 0.255. The van der Waals surface area contributed by atoms with Crippen LogP contribution in [-0.4, -0.2) is 38.1 Å². The quantitative estimate of drug-likeness (QED) is 0.715. The minimum Gasteiger partial charge on any atom is -0.491 e. The fourth-order valence-electron chi connectivity index (χ4n) is 1.40. The van der Waals surface area contributed by atoms with Crippen LogP contribution in [0.4, 0.5) is 0 Å². The van der Waals surface area contributed by atoms with Crippen molar-refractivity contribution >= 4 is 0 Å². The first kappa shape index (κ1) is 14.0. The standard InChI is InChI=1S/C13H21NO3/c1-3-16-9-12(15)10-17-13-6-4-11(5-7-13)8-14-2/h4-7,12,14-15H,3,8-10H2,1-2H3. The molecule has 0 saturated heterocycles. The van der Waals surface area contributed by atoms with E-state index < -0.39 is 6.10 Å². The van der Waals surface area contributed by atoms with Gasteiger partial charge in [-0.15, -0.1) is 0 Å². The number of nitrogens with one attached hydrogen (secondary N) is 1. The molecule has 0 aliphatic heterocycles. The summed E-state index contributed by atoms with van der Waals surface area (Å²) in [5, 5.41) is 12.6. The zero-order valence-electron chi connectivity index (χ0n) is 10.5. The van der Waals surface area contributed by atoms with Crippen molar-refractivity contribution in [1.82, 2.24) is 5.32 Å². The smallest absolute Gasteiger partial charge is 0.119 e. The maximum absolute atomic E-state index is 9.52. The van der Waals surface area contributed by atoms with E-state index in [2.05, 4.69) is 5.32 Å². The van der Waals surface area contributed by atoms with Gasteiger partial charge in [-0.05, 0) is 31.7 Å². The van der Waals surface area contributed by atoms with Gasteiger partial charge in [0.25, 0.3) is 0 Å². The van der Waals surface area contributed by atoms with Gasteiger partial charge in [-0.2, -0.15) is 0 Å². The third kappa shape index (κ3) is 5.68. The van der Waals surface area contributed by atoms with Gasteiger partial charge in [0.2, 0.25) is 0 Å². The fourth-order valence-corrected chi connectivity index (χ4v) is 1.40. The Labute approximate surface area is 103 Å². The van der Waals surface area contributed by atoms with Gasteiger partial charge >= 0.3 is 0 Å². The number of benzene rings is 1. The van der Waals surface area contributed by atoms with Crippen LogP contribution in [0.15, 0.2) is 24.3 Å². The molecule has 2 N–H and O–H groups in total. The van der Waals surface area contributed by atoms with Crippen molar-refractivity contribution in [3.8, 4) is 5.75 Å². The van der Waals surface area contributed by atoms with E-state index in [-0.39, 0.29) is 6.61 Å². The van der Waals surface area contributed by atoms with Crippen molar-refractivity contribution < 1.29 is 14.6 Å². The molecule has 0 spiro atoms. The highest BCUT2D eigenvalue weighted by Gasteiger charge is 2.04. The molecule has 1 aromatic rings. The lowest BCUT2D eigenvalue weighted by Crippen LogP contribution is -2.23. The first-order chi connectivity index (χ1) is 8.26. The molecule has 0 aromatic heterocycles. The summed E-state index contributed by atoms with van der Waals surface area (Å²) in [5.74, 6) is 0.764. The molecular formula is C13H21NO3. The largest absolute Gasteiger partial charge is 0.491 e. The summed E-state index contributed by atoms with van der Waals surface area (Å²) in [4.78, 5) is 0. The van der Waals surface area contributed by atoms with E-state index in [4.69, 9.17) is 9.47 Å². The monoisotopic (exact) mass is 239 g/mol. The number of rotatable bonds is 8. The third-order valence-electron chi connectivity index (χ3n) is 2.26. The maximum atomic E-state index is 9.52. The summed E-state index contributed by atoms with van der Waals surface area (Å²) < 4.78 is 10.5. The van der Waals surface area contributed by atoms with E-state index in [0.717, 1.165) is 12.3 Å². The lowest BCUT2D eigenvalue weighted by Gasteiger charge is -2.12. The zero-order chi connectivity index (χ0) is 12.5. The van der Waals surface area contributed by atoms with Gasteiger partial charge in [-0.3, -0.25) is 0 Å². The molecule has 1 unspecified atom stereocenters. The molecule has 0 bridgehead atoms. The summed E-state index contributed by atoms with van der Waals surface area (Å²) >= 11 is 0. The third-order valence-corrected chi connectivity index (χ3v) is 2.26. The van der Waals surface area contributed by atoms with Crippen LogP contribution in [0.3, 0.4) is 0 Å². The average molecular weight is 239 g/mol. The molecule has 0 heterocycles. The Morgan fingerprint density at radius 1 is 1.24 bits per heavy atom. The van der Waals surface area contributed by atoms with Crippen LogP contribution in [0.5, 0.6) is 5.75 Å². The maximum Gasteiger partial charge on any atom is 0.119 e. The highest BCUT2D eigenvalue weighted by atomic mass is 16.5. The number of hydrogen-bond acceptors (Lipinski definition) is 4. The molecule has 1 rings (SSSR count). The van der Waals surface area contributed by atoms with Gasteiger partial charge in [0.05, 0.1) is 6.61 Å². The molecule has 0 fully saturated rings. The number of aliphatic hydroxyl groups excluding tert-OH is 1. The van der Waals surface area contributed by atoms with Crippen LogP contribution < -0.4 is 10.1 Å². The molecular weight excluding hydrogens is 218 g/mol. The van der Waals surface area contributed by atoms with Crippen molar-refractivity contribution in [2.24, 2.45) is 0 Å². The van der Waals surface area contributed by atoms with Crippen LogP contribution in [0.2, 0.25) is 0 Å². The summed E-state index contributed by atoms with van der Waals surface area (Å²) in [6.45, 7) is 3.91. The minimum atomic E-state index is -0.577. The Kier molecular flexibility index (Phi) is 6.62. The Balaban J connectivity index is 2.31. The molecule has 0 aliphatic rings. The SMILES string of the molecule is CCOCC(O)COc1ccc(CNC)cc1. The van der Waals surface area contributed by atoms with Crippen LogP contribution in [0.1, 0.15) is 12.5 Å². The highest BCUT2D eigenvalue weighted by molar-refractivity contribution is 5.27. The van der Waals surface area contributed by atoms with E-state index >= 15 is 0 Å². The van der Waals surface area contributed by atoms with Crippen LogP contribution in [0, 0.1) is 0 Å². The van der Waals surface area contributed by atoms with Gasteiger partial charge in [0, 0.05) is 13.2 Å². The number of ether oxygens (including phenoxy) is 2. The predicted octanol–water partition coefficient (Wildman–Crippen LogP) is 1.18. The van der Waals surface area contributed by atoms with Crippen molar-refractivity contribution in [3.05, 3.63) is 29.8 Å². The zero-order valence-corrected chi connectivity index (χ0v) is 10.5. The van der Waals surface area contributed by atoms with Crippen molar-refractivity contribution in [2.45, 2.75) is 19.6 Å². The molecule has 0 saturated carbocycles. The molecule has 0 amide bonds. The second kappa shape index (κ2) is 8.06. The Hall–Kier alpha value is -1.10. The number of hydrogen-bond donors (Lipinski definition) is 2. The highest BCUT2D eigenvalue weighted by Crippen LogP contribution is 2.12. The topological polar surface area (TPSA) is 50.7 Å². The molecule has 1 atom stereocenters. The number of aliphatic hydroxyl groups is 1. The van der Waals surface area contributed by atoms with Gasteiger partial charge in [-0.25, -0.2) is 0 Å². The lowest BCUT2D eigenvalue weighted by molar-refractivity contribution is 0.0164. The van der Waals surface area contributed by atoms with Crippen molar-refractivity contribution in [3.63, 3.8) is 0 Å². The average Bonchev–Trinajstić information content (AvgIpc) is 2.36. The van der Waals surface area contributed by atoms with E-state index in [1.54, 1.807) is 0 Å². The van der Waals surface area contributed by atoms with E-state index in [0.29, 0.717) is 13.2 Å². The molecule has 17 heavy (non-hydrogen) atoms. The second-order valence-electron chi connectivity index (χ2n) is 3.80. The van der Waals surface area contributed by atoms with Crippen molar-refractivity contribution in [1.29, 1.82) is 0 Å².